The Morgan fingerprint density at radius 2 is 1.77 bits per heavy atom. The van der Waals surface area contributed by atoms with Gasteiger partial charge in [0.05, 0.1) is 17.7 Å². The minimum atomic E-state index is -0.321. The second kappa shape index (κ2) is 9.32. The van der Waals surface area contributed by atoms with E-state index in [1.54, 1.807) is 36.4 Å². The van der Waals surface area contributed by atoms with Gasteiger partial charge >= 0.3 is 0 Å². The van der Waals surface area contributed by atoms with Gasteiger partial charge in [0.15, 0.2) is 15.8 Å². The number of hydrogen-bond acceptors (Lipinski definition) is 5. The van der Waals surface area contributed by atoms with Gasteiger partial charge in [-0.1, -0.05) is 66.4 Å². The third-order valence-electron chi connectivity index (χ3n) is 4.63. The maximum atomic E-state index is 13.8. The molecule has 4 nitrogen and oxygen atoms in total. The predicted octanol–water partition coefficient (Wildman–Crippen LogP) is 5.82. The highest BCUT2D eigenvalue weighted by Gasteiger charge is 2.33. The molecule has 1 fully saturated rings. The van der Waals surface area contributed by atoms with Gasteiger partial charge in [-0.05, 0) is 42.0 Å². The van der Waals surface area contributed by atoms with E-state index in [1.165, 1.54) is 29.8 Å². The van der Waals surface area contributed by atoms with E-state index >= 15 is 0 Å². The van der Waals surface area contributed by atoms with Crippen LogP contribution in [0.15, 0.2) is 77.7 Å². The van der Waals surface area contributed by atoms with Crippen molar-refractivity contribution in [3.63, 3.8) is 0 Å². The van der Waals surface area contributed by atoms with Crippen LogP contribution >= 0.6 is 24.0 Å². The Kier molecular flexibility index (Phi) is 6.34. The number of nitrogens with zero attached hydrogens (tertiary/aromatic N) is 1. The molecular weight excluding hydrogens is 433 g/mol. The molecule has 1 heterocycles. The molecule has 0 unspecified atom stereocenters. The molecule has 0 saturated carbocycles. The molecule has 1 amide bonds. The summed E-state index contributed by atoms with van der Waals surface area (Å²) in [6, 6.07) is 21.1. The van der Waals surface area contributed by atoms with Crippen LogP contribution in [0.25, 0.3) is 6.08 Å². The smallest absolute Gasteiger partial charge is 0.270 e. The van der Waals surface area contributed by atoms with Gasteiger partial charge in [0, 0.05) is 5.56 Å². The molecule has 0 atom stereocenters. The Bertz CT molecular complexity index is 1160. The largest absolute Gasteiger partial charge is 0.493 e. The topological polar surface area (TPSA) is 38.8 Å². The number of carbonyl (C=O) groups excluding carboxylic acids is 1. The fourth-order valence-electron chi connectivity index (χ4n) is 3.08. The number of amides is 1. The van der Waals surface area contributed by atoms with E-state index in [-0.39, 0.29) is 18.3 Å². The quantitative estimate of drug-likeness (QED) is 0.349. The lowest BCUT2D eigenvalue weighted by molar-refractivity contribution is -0.113. The van der Waals surface area contributed by atoms with Crippen LogP contribution in [0, 0.1) is 5.82 Å². The summed E-state index contributed by atoms with van der Waals surface area (Å²) in [5.41, 5.74) is 1.96. The molecule has 1 aliphatic rings. The summed E-state index contributed by atoms with van der Waals surface area (Å²) in [6.07, 6.45) is 1.77. The van der Waals surface area contributed by atoms with Crippen molar-refractivity contribution in [2.75, 3.05) is 12.0 Å². The second-order valence-electron chi connectivity index (χ2n) is 6.64. The number of thiocarbonyl (C=S) groups is 1. The fourth-order valence-corrected chi connectivity index (χ4v) is 4.38. The highest BCUT2D eigenvalue weighted by atomic mass is 32.2. The molecule has 0 N–H and O–H groups in total. The van der Waals surface area contributed by atoms with Gasteiger partial charge in [0.2, 0.25) is 0 Å². The summed E-state index contributed by atoms with van der Waals surface area (Å²) in [5.74, 6) is 0.488. The van der Waals surface area contributed by atoms with Crippen LogP contribution in [0.3, 0.4) is 0 Å². The van der Waals surface area contributed by atoms with E-state index in [4.69, 9.17) is 21.7 Å². The van der Waals surface area contributed by atoms with Crippen molar-refractivity contribution < 1.29 is 18.7 Å². The van der Waals surface area contributed by atoms with Crippen LogP contribution in [0.4, 0.5) is 10.1 Å². The van der Waals surface area contributed by atoms with Gasteiger partial charge in [-0.3, -0.25) is 9.69 Å². The standard InChI is InChI=1S/C24H18FNO3S2/c1-28-21-13-16(11-12-20(21)29-15-17-7-5-6-10-19(17)25)14-22-23(27)26(24(30)31-22)18-8-3-2-4-9-18/h2-14H,15H2,1H3/b22-14+. The maximum Gasteiger partial charge on any atom is 0.270 e. The molecule has 0 bridgehead atoms. The van der Waals surface area contributed by atoms with E-state index in [0.717, 1.165) is 11.3 Å². The predicted molar refractivity (Wildman–Crippen MR) is 126 cm³/mol. The van der Waals surface area contributed by atoms with E-state index in [9.17, 15) is 9.18 Å². The first-order valence-electron chi connectivity index (χ1n) is 9.44. The zero-order valence-corrected chi connectivity index (χ0v) is 18.2. The van der Waals surface area contributed by atoms with Gasteiger partial charge in [0.25, 0.3) is 5.91 Å². The summed E-state index contributed by atoms with van der Waals surface area (Å²) in [7, 11) is 1.53. The van der Waals surface area contributed by atoms with Crippen LogP contribution in [0.1, 0.15) is 11.1 Å². The Labute approximate surface area is 189 Å². The van der Waals surface area contributed by atoms with Crippen molar-refractivity contribution in [2.45, 2.75) is 6.61 Å². The van der Waals surface area contributed by atoms with Crippen molar-refractivity contribution in [1.29, 1.82) is 0 Å². The first-order chi connectivity index (χ1) is 15.1. The highest BCUT2D eigenvalue weighted by Crippen LogP contribution is 2.37. The number of thioether (sulfide) groups is 1. The molecule has 3 aromatic carbocycles. The SMILES string of the molecule is COc1cc(/C=C2/SC(=S)N(c3ccccc3)C2=O)ccc1OCc1ccccc1F. The Balaban J connectivity index is 1.54. The molecule has 4 rings (SSSR count). The summed E-state index contributed by atoms with van der Waals surface area (Å²) < 4.78 is 25.5. The summed E-state index contributed by atoms with van der Waals surface area (Å²) in [5, 5.41) is 0. The van der Waals surface area contributed by atoms with E-state index < -0.39 is 0 Å². The van der Waals surface area contributed by atoms with Gasteiger partial charge in [-0.15, -0.1) is 0 Å². The highest BCUT2D eigenvalue weighted by molar-refractivity contribution is 8.27. The third kappa shape index (κ3) is 4.62. The van der Waals surface area contributed by atoms with E-state index in [1.807, 2.05) is 36.4 Å². The first kappa shape index (κ1) is 21.1. The Morgan fingerprint density at radius 1 is 1.03 bits per heavy atom. The van der Waals surface area contributed by atoms with Gasteiger partial charge in [-0.25, -0.2) is 4.39 Å². The van der Waals surface area contributed by atoms with Gasteiger partial charge in [-0.2, -0.15) is 0 Å². The van der Waals surface area contributed by atoms with E-state index in [0.29, 0.717) is 26.3 Å². The van der Waals surface area contributed by atoms with Crippen molar-refractivity contribution in [3.05, 3.63) is 94.6 Å². The molecule has 7 heteroatoms. The average molecular weight is 452 g/mol. The van der Waals surface area contributed by atoms with Crippen LogP contribution in [0.5, 0.6) is 11.5 Å². The number of carbonyl (C=O) groups is 1. The number of ether oxygens (including phenoxy) is 2. The van der Waals surface area contributed by atoms with Crippen molar-refractivity contribution in [3.8, 4) is 11.5 Å². The molecule has 31 heavy (non-hydrogen) atoms. The molecule has 1 saturated heterocycles. The number of halogens is 1. The fraction of sp³-hybridized carbons (Fsp3) is 0.0833. The Hall–Kier alpha value is -3.16. The number of benzene rings is 3. The van der Waals surface area contributed by atoms with Crippen LogP contribution in [0.2, 0.25) is 0 Å². The minimum Gasteiger partial charge on any atom is -0.493 e. The number of rotatable bonds is 6. The van der Waals surface area contributed by atoms with Crippen molar-refractivity contribution in [1.82, 2.24) is 0 Å². The van der Waals surface area contributed by atoms with Crippen LogP contribution < -0.4 is 14.4 Å². The summed E-state index contributed by atoms with van der Waals surface area (Å²) in [4.78, 5) is 14.9. The monoisotopic (exact) mass is 451 g/mol. The molecule has 156 valence electrons. The zero-order chi connectivity index (χ0) is 21.8. The number of hydrogen-bond donors (Lipinski definition) is 0. The molecule has 1 aliphatic heterocycles. The van der Waals surface area contributed by atoms with Crippen molar-refractivity contribution in [2.24, 2.45) is 0 Å². The lowest BCUT2D eigenvalue weighted by Crippen LogP contribution is -2.27. The maximum absolute atomic E-state index is 13.8. The van der Waals surface area contributed by atoms with Crippen LogP contribution in [-0.4, -0.2) is 17.3 Å². The minimum absolute atomic E-state index is 0.0815. The van der Waals surface area contributed by atoms with E-state index in [2.05, 4.69) is 0 Å². The summed E-state index contributed by atoms with van der Waals surface area (Å²) >= 11 is 6.66. The van der Waals surface area contributed by atoms with Crippen molar-refractivity contribution >= 4 is 46.0 Å². The normalized spacial score (nSPS) is 14.9. The molecule has 0 radical (unpaired) electrons. The summed E-state index contributed by atoms with van der Waals surface area (Å²) in [6.45, 7) is 0.0815. The number of para-hydroxylation sites is 1. The number of anilines is 1. The zero-order valence-electron chi connectivity index (χ0n) is 16.6. The first-order valence-corrected chi connectivity index (χ1v) is 10.7. The molecule has 0 spiro atoms. The molecule has 0 aromatic heterocycles. The second-order valence-corrected chi connectivity index (χ2v) is 8.32. The number of methoxy groups -OCH3 is 1. The molecule has 0 aliphatic carbocycles. The average Bonchev–Trinajstić information content (AvgIpc) is 3.07. The lowest BCUT2D eigenvalue weighted by Gasteiger charge is -2.14. The molecule has 3 aromatic rings. The third-order valence-corrected chi connectivity index (χ3v) is 5.94. The van der Waals surface area contributed by atoms with Gasteiger partial charge in [0.1, 0.15) is 12.4 Å². The Morgan fingerprint density at radius 3 is 2.52 bits per heavy atom. The van der Waals surface area contributed by atoms with Crippen LogP contribution in [-0.2, 0) is 11.4 Å². The lowest BCUT2D eigenvalue weighted by atomic mass is 10.1. The molecular formula is C24H18FNO3S2. The van der Waals surface area contributed by atoms with Gasteiger partial charge < -0.3 is 9.47 Å².